The zero-order valence-electron chi connectivity index (χ0n) is 22.0. The van der Waals surface area contributed by atoms with Gasteiger partial charge in [-0.3, -0.25) is 19.3 Å². The minimum atomic E-state index is -1.36. The van der Waals surface area contributed by atoms with Crippen molar-refractivity contribution in [2.45, 2.75) is 31.0 Å². The topological polar surface area (TPSA) is 181 Å². The number of carbonyl (C=O) groups excluding carboxylic acids is 4. The molecule has 1 saturated heterocycles. The lowest BCUT2D eigenvalue weighted by Crippen LogP contribution is -2.71. The van der Waals surface area contributed by atoms with Crippen LogP contribution in [-0.4, -0.2) is 75.8 Å². The first kappa shape index (κ1) is 29.3. The van der Waals surface area contributed by atoms with E-state index in [0.29, 0.717) is 16.9 Å². The summed E-state index contributed by atoms with van der Waals surface area (Å²) in [5, 5.41) is 23.8. The molecule has 1 fully saturated rings. The first-order valence-corrected chi connectivity index (χ1v) is 13.3. The number of amides is 3. The fourth-order valence-electron chi connectivity index (χ4n) is 4.22. The Morgan fingerprint density at radius 1 is 1.05 bits per heavy atom. The van der Waals surface area contributed by atoms with Gasteiger partial charge in [0.15, 0.2) is 0 Å². The third kappa shape index (κ3) is 6.72. The number of carbonyl (C=O) groups is 5. The smallest absolute Gasteiger partial charge is 0.408 e. The van der Waals surface area contributed by atoms with Crippen LogP contribution in [0.2, 0.25) is 0 Å². The first-order valence-electron chi connectivity index (χ1n) is 12.3. The molecule has 2 aliphatic heterocycles. The normalized spacial score (nSPS) is 18.4. The number of fused-ring (bicyclic) bond motifs is 1. The summed E-state index contributed by atoms with van der Waals surface area (Å²) in [6.07, 6.45) is -0.908. The van der Waals surface area contributed by atoms with Gasteiger partial charge in [0.25, 0.3) is 5.91 Å². The molecule has 2 heterocycles. The molecule has 0 spiro atoms. The lowest BCUT2D eigenvalue weighted by molar-refractivity contribution is -0.151. The van der Waals surface area contributed by atoms with Crippen LogP contribution in [0.1, 0.15) is 24.1 Å². The van der Waals surface area contributed by atoms with E-state index in [0.717, 1.165) is 4.90 Å². The first-order chi connectivity index (χ1) is 19.6. The quantitative estimate of drug-likeness (QED) is 0.235. The predicted molar refractivity (Wildman–Crippen MR) is 143 cm³/mol. The fraction of sp³-hybridized carbons (Fsp3) is 0.296. The van der Waals surface area contributed by atoms with Gasteiger partial charge in [-0.1, -0.05) is 24.3 Å². The minimum absolute atomic E-state index is 0.0593. The molecule has 2 aromatic carbocycles. The van der Waals surface area contributed by atoms with Crippen LogP contribution in [0.25, 0.3) is 0 Å². The zero-order chi connectivity index (χ0) is 29.7. The summed E-state index contributed by atoms with van der Waals surface area (Å²) in [5.41, 5.74) is 0.948. The Hall–Kier alpha value is -4.72. The number of nitrogens with one attached hydrogen (secondary N) is 2. The molecule has 3 unspecified atom stereocenters. The van der Waals surface area contributed by atoms with Gasteiger partial charge in [0.05, 0.1) is 7.11 Å². The number of carboxylic acids is 1. The second-order valence-corrected chi connectivity index (χ2v) is 10.1. The highest BCUT2D eigenvalue weighted by Crippen LogP contribution is 2.40. The van der Waals surface area contributed by atoms with Crippen molar-refractivity contribution in [3.8, 4) is 11.5 Å². The Morgan fingerprint density at radius 2 is 1.73 bits per heavy atom. The number of phenolic OH excluding ortho intramolecular Hbond substituents is 1. The molecule has 0 radical (unpaired) electrons. The van der Waals surface area contributed by atoms with Gasteiger partial charge in [-0.15, -0.1) is 11.8 Å². The van der Waals surface area contributed by atoms with Gasteiger partial charge in [0, 0.05) is 18.2 Å². The van der Waals surface area contributed by atoms with E-state index in [1.165, 1.54) is 50.1 Å². The lowest BCUT2D eigenvalue weighted by Gasteiger charge is -2.49. The maximum absolute atomic E-state index is 13.4. The molecule has 216 valence electrons. The van der Waals surface area contributed by atoms with Crippen LogP contribution >= 0.6 is 11.8 Å². The molecule has 4 N–H and O–H groups in total. The molecule has 0 bridgehead atoms. The number of ether oxygens (including phenoxy) is 3. The summed E-state index contributed by atoms with van der Waals surface area (Å²) in [4.78, 5) is 63.2. The third-order valence-electron chi connectivity index (χ3n) is 6.28. The molecule has 0 aliphatic carbocycles. The number of aliphatic carboxylic acids is 1. The second-order valence-electron chi connectivity index (χ2n) is 9.03. The zero-order valence-corrected chi connectivity index (χ0v) is 22.8. The van der Waals surface area contributed by atoms with Gasteiger partial charge < -0.3 is 35.1 Å². The Morgan fingerprint density at radius 3 is 2.34 bits per heavy atom. The number of carboxylic acid groups (broad SMARTS) is 1. The summed E-state index contributed by atoms with van der Waals surface area (Å²) < 4.78 is 15.3. The van der Waals surface area contributed by atoms with Crippen LogP contribution in [0, 0.1) is 0 Å². The van der Waals surface area contributed by atoms with Crippen LogP contribution < -0.4 is 15.4 Å². The summed E-state index contributed by atoms with van der Waals surface area (Å²) >= 11 is 1.20. The molecule has 3 amide bonds. The number of thioether (sulfide) groups is 1. The maximum atomic E-state index is 13.4. The van der Waals surface area contributed by atoms with E-state index in [-0.39, 0.29) is 36.0 Å². The third-order valence-corrected chi connectivity index (χ3v) is 7.62. The van der Waals surface area contributed by atoms with E-state index in [1.807, 2.05) is 0 Å². The molecule has 3 atom stereocenters. The average Bonchev–Trinajstić information content (AvgIpc) is 2.96. The number of phenols is 1. The number of esters is 1. The molecular weight excluding hydrogens is 558 g/mol. The Labute approximate surface area is 238 Å². The van der Waals surface area contributed by atoms with Crippen LogP contribution in [0.3, 0.4) is 0 Å². The van der Waals surface area contributed by atoms with Gasteiger partial charge in [-0.05, 0) is 35.4 Å². The minimum Gasteiger partial charge on any atom is -0.508 e. The number of hydrogen-bond donors (Lipinski definition) is 4. The van der Waals surface area contributed by atoms with Crippen molar-refractivity contribution >= 4 is 41.6 Å². The molecule has 2 aromatic rings. The number of nitrogens with zero attached hydrogens (tertiary/aromatic N) is 1. The highest BCUT2D eigenvalue weighted by Gasteiger charge is 2.54. The van der Waals surface area contributed by atoms with E-state index >= 15 is 0 Å². The molecule has 4 rings (SSSR count). The fourth-order valence-corrected chi connectivity index (χ4v) is 5.54. The summed E-state index contributed by atoms with van der Waals surface area (Å²) in [6, 6.07) is 9.99. The van der Waals surface area contributed by atoms with Crippen molar-refractivity contribution in [2.24, 2.45) is 0 Å². The van der Waals surface area contributed by atoms with E-state index < -0.39 is 47.3 Å². The van der Waals surface area contributed by atoms with Crippen LogP contribution in [0.5, 0.6) is 11.5 Å². The number of benzene rings is 2. The van der Waals surface area contributed by atoms with Crippen LogP contribution in [-0.2, 0) is 35.3 Å². The molecule has 13 nitrogen and oxygen atoms in total. The van der Waals surface area contributed by atoms with Crippen molar-refractivity contribution in [2.75, 3.05) is 19.5 Å². The Bertz CT molecular complexity index is 1380. The van der Waals surface area contributed by atoms with Gasteiger partial charge in [-0.2, -0.15) is 0 Å². The van der Waals surface area contributed by atoms with Crippen molar-refractivity contribution in [1.29, 1.82) is 0 Å². The summed E-state index contributed by atoms with van der Waals surface area (Å²) in [7, 11) is 1.53. The number of alkyl carbamates (subject to hydrolysis) is 1. The summed E-state index contributed by atoms with van der Waals surface area (Å²) in [5.74, 6) is -2.64. The predicted octanol–water partition coefficient (Wildman–Crippen LogP) is 1.67. The number of β-lactam (4-membered cyclic amide) rings is 1. The monoisotopic (exact) mass is 585 g/mol. The second kappa shape index (κ2) is 12.6. The van der Waals surface area contributed by atoms with Gasteiger partial charge in [-0.25, -0.2) is 9.59 Å². The molecule has 14 heteroatoms. The lowest BCUT2D eigenvalue weighted by atomic mass is 10.0. The molecular formula is C27H27N3O10S. The van der Waals surface area contributed by atoms with Gasteiger partial charge in [0.2, 0.25) is 5.91 Å². The maximum Gasteiger partial charge on any atom is 0.408 e. The largest absolute Gasteiger partial charge is 0.508 e. The van der Waals surface area contributed by atoms with Crippen molar-refractivity contribution in [1.82, 2.24) is 15.5 Å². The number of aromatic hydroxyl groups is 1. The molecule has 2 aliphatic rings. The SMILES string of the molecule is COc1ccc(COC(=O)NC(C(=O)NC2C(=O)N3C(C(=O)O)=C(COC(C)=O)CSC23)c2ccc(O)cc2)cc1. The number of hydrogen-bond acceptors (Lipinski definition) is 10. The summed E-state index contributed by atoms with van der Waals surface area (Å²) in [6.45, 7) is 0.824. The standard InChI is InChI=1S/C27H27N3O10S/c1-14(31)39-12-17-13-41-25-21(24(34)30(25)22(17)26(35)36)28-23(33)20(16-5-7-18(32)8-6-16)29-27(37)40-11-15-3-9-19(38-2)10-4-15/h3-10,20-21,25,32H,11-13H2,1-2H3,(H,28,33)(H,29,37)(H,35,36). The average molecular weight is 586 g/mol. The van der Waals surface area contributed by atoms with Crippen molar-refractivity contribution < 1.29 is 48.4 Å². The van der Waals surface area contributed by atoms with Crippen LogP contribution in [0.4, 0.5) is 4.79 Å². The van der Waals surface area contributed by atoms with E-state index in [1.54, 1.807) is 24.3 Å². The number of rotatable bonds is 10. The van der Waals surface area contributed by atoms with Crippen LogP contribution in [0.15, 0.2) is 59.8 Å². The van der Waals surface area contributed by atoms with E-state index in [9.17, 15) is 34.2 Å². The van der Waals surface area contributed by atoms with Crippen molar-refractivity contribution in [3.63, 3.8) is 0 Å². The van der Waals surface area contributed by atoms with Crippen molar-refractivity contribution in [3.05, 3.63) is 70.9 Å². The highest BCUT2D eigenvalue weighted by atomic mass is 32.2. The highest BCUT2D eigenvalue weighted by molar-refractivity contribution is 8.00. The van der Waals surface area contributed by atoms with Gasteiger partial charge >= 0.3 is 18.0 Å². The van der Waals surface area contributed by atoms with E-state index in [2.05, 4.69) is 10.6 Å². The molecule has 0 saturated carbocycles. The molecule has 41 heavy (non-hydrogen) atoms. The Kier molecular flexibility index (Phi) is 9.02. The number of methoxy groups -OCH3 is 1. The Balaban J connectivity index is 1.46. The van der Waals surface area contributed by atoms with Gasteiger partial charge in [0.1, 0.15) is 47.9 Å². The molecule has 0 aromatic heterocycles. The van der Waals surface area contributed by atoms with E-state index in [4.69, 9.17) is 14.2 Å².